The zero-order valence-corrected chi connectivity index (χ0v) is 18.1. The first kappa shape index (κ1) is 19.8. The normalized spacial score (nSPS) is 15.8. The summed E-state index contributed by atoms with van der Waals surface area (Å²) in [4.78, 5) is 14.9. The van der Waals surface area contributed by atoms with Gasteiger partial charge in [-0.05, 0) is 37.1 Å². The van der Waals surface area contributed by atoms with Crippen LogP contribution in [0.3, 0.4) is 0 Å². The number of aryl methyl sites for hydroxylation is 1. The van der Waals surface area contributed by atoms with E-state index in [2.05, 4.69) is 9.59 Å². The van der Waals surface area contributed by atoms with E-state index in [1.54, 1.807) is 7.11 Å². The molecule has 1 aliphatic heterocycles. The highest BCUT2D eigenvalue weighted by atomic mass is 32.2. The van der Waals surface area contributed by atoms with Crippen LogP contribution < -0.4 is 4.74 Å². The monoisotopic (exact) mass is 434 g/mol. The number of carbonyl (C=O) groups excluding carboxylic acids is 1. The van der Waals surface area contributed by atoms with Gasteiger partial charge in [-0.2, -0.15) is 0 Å². The molecule has 29 heavy (non-hydrogen) atoms. The molecule has 4 rings (SSSR count). The Balaban J connectivity index is 1.52. The van der Waals surface area contributed by atoms with Gasteiger partial charge in [-0.25, -0.2) is 8.42 Å². The summed E-state index contributed by atoms with van der Waals surface area (Å²) in [5, 5.41) is 5.02. The smallest absolute Gasteiger partial charge is 0.270 e. The number of methoxy groups -OCH3 is 1. The molecule has 0 unspecified atom stereocenters. The second-order valence-electron chi connectivity index (χ2n) is 7.30. The topological polar surface area (TPSA) is 94.4 Å². The fourth-order valence-corrected chi connectivity index (χ4v) is 5.61. The summed E-state index contributed by atoms with van der Waals surface area (Å²) in [6, 6.07) is 7.63. The van der Waals surface area contributed by atoms with Crippen LogP contribution in [0.4, 0.5) is 0 Å². The van der Waals surface area contributed by atoms with Crippen molar-refractivity contribution in [3.05, 3.63) is 35.7 Å². The number of benzene rings is 1. The number of likely N-dealkylation sites (tertiary alicyclic amines) is 1. The van der Waals surface area contributed by atoms with Gasteiger partial charge in [-0.1, -0.05) is 4.49 Å². The van der Waals surface area contributed by atoms with Crippen LogP contribution in [0.15, 0.2) is 28.5 Å². The van der Waals surface area contributed by atoms with Gasteiger partial charge < -0.3 is 14.2 Å². The Morgan fingerprint density at radius 3 is 2.62 bits per heavy atom. The number of piperidine rings is 1. The first-order chi connectivity index (χ1) is 13.8. The number of ether oxygens (including phenoxy) is 1. The standard InChI is InChI=1S/C19H22N4O4S2/c1-22-15-5-4-14(27-2)10-13(15)11-16(22)18(24)23-8-6-12(7-9-23)17-19(28-21-20-17)29(3,25)26/h4-5,10-12H,6-9H2,1-3H3. The third-order valence-electron chi connectivity index (χ3n) is 5.46. The number of aromatic nitrogens is 3. The van der Waals surface area contributed by atoms with Crippen molar-refractivity contribution in [2.45, 2.75) is 23.0 Å². The van der Waals surface area contributed by atoms with Crippen molar-refractivity contribution in [1.82, 2.24) is 19.1 Å². The van der Waals surface area contributed by atoms with Crippen molar-refractivity contribution in [3.8, 4) is 5.75 Å². The molecular weight excluding hydrogens is 412 g/mol. The maximum Gasteiger partial charge on any atom is 0.270 e. The van der Waals surface area contributed by atoms with Gasteiger partial charge in [0.05, 0.1) is 12.8 Å². The highest BCUT2D eigenvalue weighted by Gasteiger charge is 2.31. The molecule has 3 aromatic rings. The molecule has 0 saturated carbocycles. The predicted molar refractivity (Wildman–Crippen MR) is 110 cm³/mol. The minimum atomic E-state index is -3.34. The van der Waals surface area contributed by atoms with Gasteiger partial charge >= 0.3 is 0 Å². The number of rotatable bonds is 4. The molecule has 154 valence electrons. The first-order valence-electron chi connectivity index (χ1n) is 9.24. The van der Waals surface area contributed by atoms with E-state index in [1.165, 1.54) is 6.26 Å². The molecule has 3 heterocycles. The zero-order chi connectivity index (χ0) is 20.8. The van der Waals surface area contributed by atoms with Crippen LogP contribution >= 0.6 is 11.5 Å². The lowest BCUT2D eigenvalue weighted by molar-refractivity contribution is 0.0702. The molecule has 1 fully saturated rings. The van der Waals surface area contributed by atoms with E-state index in [9.17, 15) is 13.2 Å². The number of amides is 1. The summed E-state index contributed by atoms with van der Waals surface area (Å²) < 4.78 is 35.1. The van der Waals surface area contributed by atoms with E-state index in [0.29, 0.717) is 37.3 Å². The largest absolute Gasteiger partial charge is 0.497 e. The number of hydrogen-bond acceptors (Lipinski definition) is 7. The molecule has 1 aliphatic rings. The molecular formula is C19H22N4O4S2. The zero-order valence-electron chi connectivity index (χ0n) is 16.5. The van der Waals surface area contributed by atoms with Crippen LogP contribution in [-0.4, -0.2) is 59.8 Å². The Labute approximate surface area is 173 Å². The lowest BCUT2D eigenvalue weighted by Crippen LogP contribution is -2.38. The van der Waals surface area contributed by atoms with Crippen LogP contribution in [0.1, 0.15) is 34.9 Å². The van der Waals surface area contributed by atoms with Crippen molar-refractivity contribution >= 4 is 38.2 Å². The summed E-state index contributed by atoms with van der Waals surface area (Å²) in [6.07, 6.45) is 2.51. The fraction of sp³-hybridized carbons (Fsp3) is 0.421. The summed E-state index contributed by atoms with van der Waals surface area (Å²) >= 11 is 0.918. The van der Waals surface area contributed by atoms with Crippen molar-refractivity contribution in [3.63, 3.8) is 0 Å². The molecule has 2 aromatic heterocycles. The predicted octanol–water partition coefficient (Wildman–Crippen LogP) is 2.46. The minimum absolute atomic E-state index is 0.000675. The Kier molecular flexibility index (Phi) is 5.07. The lowest BCUT2D eigenvalue weighted by Gasteiger charge is -2.31. The van der Waals surface area contributed by atoms with E-state index in [0.717, 1.165) is 28.2 Å². The molecule has 0 atom stereocenters. The van der Waals surface area contributed by atoms with Crippen molar-refractivity contribution < 1.29 is 17.9 Å². The average molecular weight is 435 g/mol. The third kappa shape index (κ3) is 3.62. The summed E-state index contributed by atoms with van der Waals surface area (Å²) in [5.74, 6) is 0.724. The number of fused-ring (bicyclic) bond motifs is 1. The second-order valence-corrected chi connectivity index (χ2v) is 10.3. The van der Waals surface area contributed by atoms with E-state index >= 15 is 0 Å². The van der Waals surface area contributed by atoms with E-state index in [4.69, 9.17) is 4.74 Å². The van der Waals surface area contributed by atoms with Gasteiger partial charge in [0.15, 0.2) is 14.0 Å². The molecule has 8 nitrogen and oxygen atoms in total. The van der Waals surface area contributed by atoms with Crippen LogP contribution in [0.2, 0.25) is 0 Å². The number of sulfone groups is 1. The summed E-state index contributed by atoms with van der Waals surface area (Å²) in [7, 11) is 0.162. The molecule has 10 heteroatoms. The Morgan fingerprint density at radius 2 is 1.97 bits per heavy atom. The van der Waals surface area contributed by atoms with Crippen molar-refractivity contribution in [2.75, 3.05) is 26.5 Å². The molecule has 1 saturated heterocycles. The van der Waals surface area contributed by atoms with Gasteiger partial charge in [0.25, 0.3) is 5.91 Å². The molecule has 0 bridgehead atoms. The van der Waals surface area contributed by atoms with Gasteiger partial charge in [0, 0.05) is 54.7 Å². The molecule has 0 aliphatic carbocycles. The molecule has 1 amide bonds. The average Bonchev–Trinajstić information content (AvgIpc) is 3.32. The maximum atomic E-state index is 13.1. The van der Waals surface area contributed by atoms with Gasteiger partial charge in [-0.3, -0.25) is 4.79 Å². The van der Waals surface area contributed by atoms with Crippen molar-refractivity contribution in [1.29, 1.82) is 0 Å². The van der Waals surface area contributed by atoms with E-state index in [-0.39, 0.29) is 16.0 Å². The molecule has 0 N–H and O–H groups in total. The first-order valence-corrected chi connectivity index (χ1v) is 11.9. The van der Waals surface area contributed by atoms with E-state index in [1.807, 2.05) is 40.8 Å². The van der Waals surface area contributed by atoms with Crippen LogP contribution in [-0.2, 0) is 16.9 Å². The fourth-order valence-electron chi connectivity index (χ4n) is 3.87. The third-order valence-corrected chi connectivity index (χ3v) is 8.01. The van der Waals surface area contributed by atoms with Crippen LogP contribution in [0.25, 0.3) is 10.9 Å². The van der Waals surface area contributed by atoms with Crippen molar-refractivity contribution in [2.24, 2.45) is 7.05 Å². The highest BCUT2D eigenvalue weighted by molar-refractivity contribution is 7.92. The Hall–Kier alpha value is -2.46. The molecule has 0 radical (unpaired) electrons. The molecule has 1 aromatic carbocycles. The van der Waals surface area contributed by atoms with Gasteiger partial charge in [0.2, 0.25) is 0 Å². The van der Waals surface area contributed by atoms with Crippen LogP contribution in [0, 0.1) is 0 Å². The van der Waals surface area contributed by atoms with Crippen LogP contribution in [0.5, 0.6) is 5.75 Å². The lowest BCUT2D eigenvalue weighted by atomic mass is 9.94. The quantitative estimate of drug-likeness (QED) is 0.626. The highest BCUT2D eigenvalue weighted by Crippen LogP contribution is 2.33. The SMILES string of the molecule is COc1ccc2c(c1)cc(C(=O)N1CCC(c3nnsc3S(C)(=O)=O)CC1)n2C. The Bertz CT molecular complexity index is 1170. The number of hydrogen-bond donors (Lipinski definition) is 0. The second kappa shape index (κ2) is 7.42. The number of carbonyl (C=O) groups is 1. The van der Waals surface area contributed by atoms with Gasteiger partial charge in [0.1, 0.15) is 11.4 Å². The molecule has 0 spiro atoms. The maximum absolute atomic E-state index is 13.1. The summed E-state index contributed by atoms with van der Waals surface area (Å²) in [6.45, 7) is 1.10. The van der Waals surface area contributed by atoms with E-state index < -0.39 is 9.84 Å². The number of nitrogens with zero attached hydrogens (tertiary/aromatic N) is 4. The minimum Gasteiger partial charge on any atom is -0.497 e. The Morgan fingerprint density at radius 1 is 1.24 bits per heavy atom. The summed E-state index contributed by atoms with van der Waals surface area (Å²) in [5.41, 5.74) is 2.13. The van der Waals surface area contributed by atoms with Gasteiger partial charge in [-0.15, -0.1) is 5.10 Å².